The Kier molecular flexibility index (Phi) is 7.63. The highest BCUT2D eigenvalue weighted by Crippen LogP contribution is 2.20. The molecule has 1 aromatic rings. The number of unbranched alkanes of at least 4 members (excludes halogenated alkanes) is 1. The van der Waals surface area contributed by atoms with Crippen molar-refractivity contribution in [1.82, 2.24) is 0 Å². The van der Waals surface area contributed by atoms with E-state index < -0.39 is 8.32 Å². The third-order valence-electron chi connectivity index (χ3n) is 3.31. The fourth-order valence-electron chi connectivity index (χ4n) is 2.03. The molecule has 112 valence electrons. The summed E-state index contributed by atoms with van der Waals surface area (Å²) in [4.78, 5) is 0. The Balaban J connectivity index is 2.28. The van der Waals surface area contributed by atoms with Crippen LogP contribution in [0.2, 0.25) is 19.1 Å². The first-order chi connectivity index (χ1) is 9.59. The fourth-order valence-corrected chi connectivity index (χ4v) is 3.86. The topological polar surface area (TPSA) is 18.5 Å². The standard InChI is InChI=1S/C17H28O2Si/c1-5-7-14-19-20(3,4)15-10-13-18-17-12-9-8-11-16(17)6-2/h6,8-9,11-12H,2,5,7,10,13-15H2,1,3-4H3. The Morgan fingerprint density at radius 2 is 1.90 bits per heavy atom. The van der Waals surface area contributed by atoms with Gasteiger partial charge in [-0.05, 0) is 38.0 Å². The lowest BCUT2D eigenvalue weighted by Crippen LogP contribution is -2.31. The van der Waals surface area contributed by atoms with Crippen LogP contribution in [0.4, 0.5) is 0 Å². The molecule has 3 heteroatoms. The molecular weight excluding hydrogens is 264 g/mol. The molecule has 1 aromatic carbocycles. The highest BCUT2D eigenvalue weighted by atomic mass is 28.4. The van der Waals surface area contributed by atoms with Crippen molar-refractivity contribution in [2.24, 2.45) is 0 Å². The molecule has 20 heavy (non-hydrogen) atoms. The van der Waals surface area contributed by atoms with Gasteiger partial charge in [-0.3, -0.25) is 0 Å². The van der Waals surface area contributed by atoms with Crippen LogP contribution in [0.25, 0.3) is 6.08 Å². The molecule has 0 aliphatic rings. The van der Waals surface area contributed by atoms with Crippen molar-refractivity contribution in [1.29, 1.82) is 0 Å². The number of ether oxygens (including phenoxy) is 1. The second kappa shape index (κ2) is 8.98. The Bertz CT molecular complexity index is 402. The van der Waals surface area contributed by atoms with E-state index in [0.29, 0.717) is 0 Å². The highest BCUT2D eigenvalue weighted by molar-refractivity contribution is 6.71. The minimum atomic E-state index is -1.50. The van der Waals surface area contributed by atoms with Gasteiger partial charge in [-0.25, -0.2) is 0 Å². The lowest BCUT2D eigenvalue weighted by atomic mass is 10.2. The van der Waals surface area contributed by atoms with Crippen molar-refractivity contribution in [2.75, 3.05) is 13.2 Å². The van der Waals surface area contributed by atoms with Crippen LogP contribution in [0.3, 0.4) is 0 Å². The minimum Gasteiger partial charge on any atom is -0.493 e. The van der Waals surface area contributed by atoms with Crippen molar-refractivity contribution in [3.05, 3.63) is 36.4 Å². The molecule has 0 atom stereocenters. The molecule has 0 saturated heterocycles. The SMILES string of the molecule is C=Cc1ccccc1OCCC[Si](C)(C)OCCCC. The third-order valence-corrected chi connectivity index (χ3v) is 5.85. The van der Waals surface area contributed by atoms with Gasteiger partial charge in [0, 0.05) is 12.2 Å². The number of hydrogen-bond donors (Lipinski definition) is 0. The van der Waals surface area contributed by atoms with Crippen molar-refractivity contribution in [3.8, 4) is 5.75 Å². The molecule has 0 amide bonds. The molecule has 0 aliphatic heterocycles. The van der Waals surface area contributed by atoms with Crippen LogP contribution >= 0.6 is 0 Å². The summed E-state index contributed by atoms with van der Waals surface area (Å²) in [6.07, 6.45) is 5.25. The maximum atomic E-state index is 6.03. The van der Waals surface area contributed by atoms with Crippen LogP contribution in [0.1, 0.15) is 31.7 Å². The van der Waals surface area contributed by atoms with Crippen LogP contribution in [-0.4, -0.2) is 21.5 Å². The Morgan fingerprint density at radius 3 is 2.60 bits per heavy atom. The van der Waals surface area contributed by atoms with E-state index in [1.807, 2.05) is 30.3 Å². The molecule has 1 rings (SSSR count). The lowest BCUT2D eigenvalue weighted by Gasteiger charge is -2.22. The van der Waals surface area contributed by atoms with Crippen LogP contribution in [0, 0.1) is 0 Å². The zero-order chi connectivity index (χ0) is 14.8. The number of rotatable bonds is 10. The smallest absolute Gasteiger partial charge is 0.186 e. The van der Waals surface area contributed by atoms with Gasteiger partial charge in [0.2, 0.25) is 0 Å². The van der Waals surface area contributed by atoms with Crippen LogP contribution in [0.15, 0.2) is 30.8 Å². The molecule has 2 nitrogen and oxygen atoms in total. The summed E-state index contributed by atoms with van der Waals surface area (Å²) in [6.45, 7) is 12.2. The van der Waals surface area contributed by atoms with E-state index >= 15 is 0 Å². The predicted molar refractivity (Wildman–Crippen MR) is 89.8 cm³/mol. The van der Waals surface area contributed by atoms with Crippen molar-refractivity contribution >= 4 is 14.4 Å². The average Bonchev–Trinajstić information content (AvgIpc) is 2.44. The van der Waals surface area contributed by atoms with E-state index in [1.165, 1.54) is 12.8 Å². The average molecular weight is 292 g/mol. The molecule has 0 heterocycles. The molecule has 0 unspecified atom stereocenters. The maximum absolute atomic E-state index is 6.03. The molecule has 0 radical (unpaired) electrons. The van der Waals surface area contributed by atoms with Gasteiger partial charge < -0.3 is 9.16 Å². The van der Waals surface area contributed by atoms with Crippen LogP contribution < -0.4 is 4.74 Å². The summed E-state index contributed by atoms with van der Waals surface area (Å²) in [7, 11) is -1.50. The third kappa shape index (κ3) is 6.39. The predicted octanol–water partition coefficient (Wildman–Crippen LogP) is 5.12. The largest absolute Gasteiger partial charge is 0.493 e. The Morgan fingerprint density at radius 1 is 1.15 bits per heavy atom. The second-order valence-electron chi connectivity index (χ2n) is 5.66. The van der Waals surface area contributed by atoms with E-state index in [0.717, 1.165) is 37.0 Å². The first kappa shape index (κ1) is 17.0. The van der Waals surface area contributed by atoms with E-state index in [4.69, 9.17) is 9.16 Å². The molecule has 0 aromatic heterocycles. The van der Waals surface area contributed by atoms with Gasteiger partial charge >= 0.3 is 0 Å². The molecule has 0 bridgehead atoms. The molecule has 0 saturated carbocycles. The van der Waals surface area contributed by atoms with E-state index in [9.17, 15) is 0 Å². The zero-order valence-corrected chi connectivity index (χ0v) is 14.2. The van der Waals surface area contributed by atoms with Gasteiger partial charge in [0.25, 0.3) is 0 Å². The molecular formula is C17H28O2Si. The quantitative estimate of drug-likeness (QED) is 0.440. The summed E-state index contributed by atoms with van der Waals surface area (Å²) >= 11 is 0. The van der Waals surface area contributed by atoms with Crippen LogP contribution in [-0.2, 0) is 4.43 Å². The number of benzene rings is 1. The monoisotopic (exact) mass is 292 g/mol. The van der Waals surface area contributed by atoms with Gasteiger partial charge in [0.05, 0.1) is 6.61 Å². The highest BCUT2D eigenvalue weighted by Gasteiger charge is 2.21. The van der Waals surface area contributed by atoms with E-state index in [2.05, 4.69) is 26.6 Å². The van der Waals surface area contributed by atoms with Gasteiger partial charge in [0.15, 0.2) is 8.32 Å². The lowest BCUT2D eigenvalue weighted by molar-refractivity contribution is 0.286. The summed E-state index contributed by atoms with van der Waals surface area (Å²) in [5.74, 6) is 0.925. The zero-order valence-electron chi connectivity index (χ0n) is 13.2. The van der Waals surface area contributed by atoms with Gasteiger partial charge in [-0.2, -0.15) is 0 Å². The summed E-state index contributed by atoms with van der Waals surface area (Å²) in [5.41, 5.74) is 1.06. The second-order valence-corrected chi connectivity index (χ2v) is 9.96. The molecule has 0 N–H and O–H groups in total. The van der Waals surface area contributed by atoms with Gasteiger partial charge in [-0.1, -0.05) is 44.2 Å². The van der Waals surface area contributed by atoms with E-state index in [1.54, 1.807) is 0 Å². The summed E-state index contributed by atoms with van der Waals surface area (Å²) < 4.78 is 11.9. The van der Waals surface area contributed by atoms with Crippen molar-refractivity contribution in [2.45, 2.75) is 45.3 Å². The Labute approximate surface area is 124 Å². The fraction of sp³-hybridized carbons (Fsp3) is 0.529. The number of para-hydroxylation sites is 1. The molecule has 0 fully saturated rings. The Hall–Kier alpha value is -1.06. The molecule has 0 spiro atoms. The van der Waals surface area contributed by atoms with Gasteiger partial charge in [-0.15, -0.1) is 0 Å². The summed E-state index contributed by atoms with van der Waals surface area (Å²) in [5, 5.41) is 0. The van der Waals surface area contributed by atoms with Gasteiger partial charge in [0.1, 0.15) is 5.75 Å². The minimum absolute atomic E-state index is 0.748. The normalized spacial score (nSPS) is 11.3. The van der Waals surface area contributed by atoms with E-state index in [-0.39, 0.29) is 0 Å². The van der Waals surface area contributed by atoms with Crippen molar-refractivity contribution < 1.29 is 9.16 Å². The summed E-state index contributed by atoms with van der Waals surface area (Å²) in [6, 6.07) is 9.16. The molecule has 0 aliphatic carbocycles. The number of hydrogen-bond acceptors (Lipinski definition) is 2. The van der Waals surface area contributed by atoms with Crippen LogP contribution in [0.5, 0.6) is 5.75 Å². The first-order valence-electron chi connectivity index (χ1n) is 7.57. The van der Waals surface area contributed by atoms with Crippen molar-refractivity contribution in [3.63, 3.8) is 0 Å². The maximum Gasteiger partial charge on any atom is 0.186 e. The first-order valence-corrected chi connectivity index (χ1v) is 10.7.